The molecule has 328 valence electrons. The Balaban J connectivity index is 1.16. The zero-order valence-corrected chi connectivity index (χ0v) is 37.2. The predicted octanol–water partition coefficient (Wildman–Crippen LogP) is 17.1. The SMILES string of the molecule is Cc1cc(-n2c3ccccc3c3ccccc32)c(-n2c3ccccc3c3ccccc32)cc1-c1cc(-n2c3ccccc3c3ccccc32)c(-n2c3ccccc3c3ccccc32)cc1C(F)(F)F. The summed E-state index contributed by atoms with van der Waals surface area (Å²) in [5, 5.41) is 8.27. The molecule has 0 fully saturated rings. The highest BCUT2D eigenvalue weighted by Crippen LogP contribution is 2.48. The lowest BCUT2D eigenvalue weighted by molar-refractivity contribution is -0.137. The highest BCUT2D eigenvalue weighted by atomic mass is 19.4. The van der Waals surface area contributed by atoms with E-state index < -0.39 is 11.7 Å². The van der Waals surface area contributed by atoms with Crippen LogP contribution < -0.4 is 0 Å². The largest absolute Gasteiger partial charge is 0.417 e. The fraction of sp³-hybridized carbons (Fsp3) is 0.0323. The van der Waals surface area contributed by atoms with Crippen LogP contribution in [0.2, 0.25) is 0 Å². The molecule has 0 N–H and O–H groups in total. The summed E-state index contributed by atoms with van der Waals surface area (Å²) < 4.78 is 58.2. The van der Waals surface area contributed by atoms with Crippen LogP contribution in [0.1, 0.15) is 11.1 Å². The third-order valence-electron chi connectivity index (χ3n) is 14.3. The summed E-state index contributed by atoms with van der Waals surface area (Å²) in [5.74, 6) is 0. The molecule has 7 heteroatoms. The molecule has 0 radical (unpaired) electrons. The molecule has 0 amide bonds. The van der Waals surface area contributed by atoms with E-state index in [1.807, 2.05) is 127 Å². The quantitative estimate of drug-likeness (QED) is 0.164. The van der Waals surface area contributed by atoms with Gasteiger partial charge in [0.2, 0.25) is 0 Å². The molecule has 10 aromatic carbocycles. The number of rotatable bonds is 5. The minimum atomic E-state index is -4.74. The first-order valence-corrected chi connectivity index (χ1v) is 23.2. The summed E-state index contributed by atoms with van der Waals surface area (Å²) in [6.07, 6.45) is -4.74. The first-order valence-electron chi connectivity index (χ1n) is 23.2. The van der Waals surface area contributed by atoms with Gasteiger partial charge in [0.25, 0.3) is 0 Å². The number of aryl methyl sites for hydroxylation is 1. The summed E-state index contributed by atoms with van der Waals surface area (Å²) in [4.78, 5) is 0. The second kappa shape index (κ2) is 14.6. The van der Waals surface area contributed by atoms with Crippen molar-refractivity contribution >= 4 is 87.2 Å². The minimum absolute atomic E-state index is 0.0946. The lowest BCUT2D eigenvalue weighted by Crippen LogP contribution is -2.13. The van der Waals surface area contributed by atoms with Crippen LogP contribution in [-0.4, -0.2) is 18.3 Å². The molecule has 0 saturated carbocycles. The Labute approximate surface area is 393 Å². The number of hydrogen-bond acceptors (Lipinski definition) is 0. The van der Waals surface area contributed by atoms with Crippen LogP contribution in [0.5, 0.6) is 0 Å². The molecular weight excluding hydrogens is 858 g/mol. The van der Waals surface area contributed by atoms with E-state index in [1.165, 1.54) is 6.07 Å². The van der Waals surface area contributed by atoms with Crippen molar-refractivity contribution < 1.29 is 13.2 Å². The zero-order valence-electron chi connectivity index (χ0n) is 37.2. The number of alkyl halides is 3. The Kier molecular flexibility index (Phi) is 8.33. The maximum atomic E-state index is 16.5. The Morgan fingerprint density at radius 1 is 0.275 bits per heavy atom. The highest BCUT2D eigenvalue weighted by Gasteiger charge is 2.37. The van der Waals surface area contributed by atoms with Crippen LogP contribution in [0.4, 0.5) is 13.2 Å². The van der Waals surface area contributed by atoms with Gasteiger partial charge in [0.1, 0.15) is 0 Å². The van der Waals surface area contributed by atoms with E-state index in [0.717, 1.165) is 98.6 Å². The van der Waals surface area contributed by atoms with Gasteiger partial charge in [-0.05, 0) is 96.4 Å². The summed E-state index contributed by atoms with van der Waals surface area (Å²) in [6.45, 7) is 1.95. The normalized spacial score (nSPS) is 12.3. The molecule has 0 aliphatic rings. The van der Waals surface area contributed by atoms with Gasteiger partial charge in [0.15, 0.2) is 0 Å². The van der Waals surface area contributed by atoms with Gasteiger partial charge < -0.3 is 18.3 Å². The summed E-state index contributed by atoms with van der Waals surface area (Å²) in [7, 11) is 0. The van der Waals surface area contributed by atoms with Crippen molar-refractivity contribution in [2.45, 2.75) is 13.1 Å². The smallest absolute Gasteiger partial charge is 0.307 e. The van der Waals surface area contributed by atoms with Gasteiger partial charge in [-0.3, -0.25) is 0 Å². The number of benzene rings is 10. The standard InChI is InChI=1S/C62H39F3N4/c1-38-34-58(66-50-26-10-2-18-39(50)40-19-3-11-27-51(40)66)59(67-52-28-12-4-20-41(52)42-21-5-13-29-53(42)67)35-47(38)48-36-60(68-54-30-14-6-22-43(54)44-23-7-15-31-55(44)68)61(37-49(48)62(63,64)65)69-56-32-16-8-24-45(56)46-25-9-17-33-57(46)69/h2-37H,1H3. The molecule has 0 saturated heterocycles. The van der Waals surface area contributed by atoms with E-state index in [9.17, 15) is 0 Å². The molecule has 69 heavy (non-hydrogen) atoms. The van der Waals surface area contributed by atoms with Crippen LogP contribution in [0, 0.1) is 6.92 Å². The first kappa shape index (κ1) is 39.4. The van der Waals surface area contributed by atoms with Crippen LogP contribution in [-0.2, 0) is 6.18 Å². The maximum absolute atomic E-state index is 16.5. The number of hydrogen-bond donors (Lipinski definition) is 0. The minimum Gasteiger partial charge on any atom is -0.307 e. The van der Waals surface area contributed by atoms with E-state index in [1.54, 1.807) is 6.07 Å². The topological polar surface area (TPSA) is 19.7 Å². The number of aromatic nitrogens is 4. The monoisotopic (exact) mass is 896 g/mol. The maximum Gasteiger partial charge on any atom is 0.417 e. The highest BCUT2D eigenvalue weighted by molar-refractivity contribution is 6.14. The molecular formula is C62H39F3N4. The molecule has 4 heterocycles. The van der Waals surface area contributed by atoms with Gasteiger partial charge >= 0.3 is 6.18 Å². The van der Waals surface area contributed by atoms with Gasteiger partial charge in [-0.2, -0.15) is 13.2 Å². The van der Waals surface area contributed by atoms with Crippen LogP contribution in [0.3, 0.4) is 0 Å². The molecule has 0 aliphatic carbocycles. The molecule has 0 unspecified atom stereocenters. The van der Waals surface area contributed by atoms with Crippen molar-refractivity contribution in [3.63, 3.8) is 0 Å². The molecule has 0 spiro atoms. The van der Waals surface area contributed by atoms with E-state index >= 15 is 13.2 Å². The van der Waals surface area contributed by atoms with Crippen molar-refractivity contribution in [3.8, 4) is 33.9 Å². The Hall–Kier alpha value is -8.81. The van der Waals surface area contributed by atoms with E-state index in [4.69, 9.17) is 0 Å². The number of fused-ring (bicyclic) bond motifs is 12. The van der Waals surface area contributed by atoms with Crippen LogP contribution in [0.25, 0.3) is 121 Å². The molecule has 4 nitrogen and oxygen atoms in total. The fourth-order valence-corrected chi connectivity index (χ4v) is 11.5. The Morgan fingerprint density at radius 2 is 0.493 bits per heavy atom. The van der Waals surface area contributed by atoms with Gasteiger partial charge in [-0.15, -0.1) is 0 Å². The van der Waals surface area contributed by atoms with E-state index in [0.29, 0.717) is 22.5 Å². The Morgan fingerprint density at radius 3 is 0.754 bits per heavy atom. The van der Waals surface area contributed by atoms with E-state index in [2.05, 4.69) is 105 Å². The molecule has 4 aromatic heterocycles. The van der Waals surface area contributed by atoms with Crippen molar-refractivity contribution in [2.24, 2.45) is 0 Å². The van der Waals surface area contributed by atoms with Crippen molar-refractivity contribution in [1.29, 1.82) is 0 Å². The van der Waals surface area contributed by atoms with Gasteiger partial charge in [0.05, 0.1) is 72.4 Å². The molecule has 0 aliphatic heterocycles. The second-order valence-electron chi connectivity index (χ2n) is 18.0. The number of nitrogens with zero attached hydrogens (tertiary/aromatic N) is 4. The third-order valence-corrected chi connectivity index (χ3v) is 14.3. The van der Waals surface area contributed by atoms with Gasteiger partial charge in [0, 0.05) is 43.1 Å². The number of para-hydroxylation sites is 8. The van der Waals surface area contributed by atoms with E-state index in [-0.39, 0.29) is 5.56 Å². The van der Waals surface area contributed by atoms with Crippen molar-refractivity contribution in [1.82, 2.24) is 18.3 Å². The van der Waals surface area contributed by atoms with Crippen molar-refractivity contribution in [2.75, 3.05) is 0 Å². The number of halogens is 3. The molecule has 0 bridgehead atoms. The zero-order chi connectivity index (χ0) is 46.1. The first-order chi connectivity index (χ1) is 33.8. The predicted molar refractivity (Wildman–Crippen MR) is 279 cm³/mol. The summed E-state index contributed by atoms with van der Waals surface area (Å²) in [6, 6.07) is 72.9. The van der Waals surface area contributed by atoms with Gasteiger partial charge in [-0.25, -0.2) is 0 Å². The average Bonchev–Trinajstić information content (AvgIpc) is 4.11. The molecule has 0 atom stereocenters. The average molecular weight is 897 g/mol. The second-order valence-corrected chi connectivity index (χ2v) is 18.0. The molecule has 14 aromatic rings. The third kappa shape index (κ3) is 5.64. The van der Waals surface area contributed by atoms with Gasteiger partial charge in [-0.1, -0.05) is 146 Å². The summed E-state index contributed by atoms with van der Waals surface area (Å²) >= 11 is 0. The van der Waals surface area contributed by atoms with Crippen LogP contribution >= 0.6 is 0 Å². The fourth-order valence-electron chi connectivity index (χ4n) is 11.5. The summed E-state index contributed by atoms with van der Waals surface area (Å²) in [5.41, 5.74) is 10.6. The lowest BCUT2D eigenvalue weighted by Gasteiger charge is -2.24. The lowest BCUT2D eigenvalue weighted by atomic mass is 9.92. The van der Waals surface area contributed by atoms with Crippen molar-refractivity contribution in [3.05, 3.63) is 230 Å². The molecule has 14 rings (SSSR count). The Bertz CT molecular complexity index is 4230. The van der Waals surface area contributed by atoms with Crippen LogP contribution in [0.15, 0.2) is 218 Å².